The van der Waals surface area contributed by atoms with Crippen LogP contribution in [0.4, 0.5) is 0 Å². The highest BCUT2D eigenvalue weighted by atomic mass is 79.9. The molecule has 1 aromatic rings. The maximum atomic E-state index is 11.2. The third kappa shape index (κ3) is 3.07. The molecule has 0 aliphatic rings. The van der Waals surface area contributed by atoms with E-state index < -0.39 is 11.9 Å². The van der Waals surface area contributed by atoms with Gasteiger partial charge in [0, 0.05) is 4.47 Å². The molecule has 0 saturated carbocycles. The number of benzene rings is 1. The van der Waals surface area contributed by atoms with E-state index in [2.05, 4.69) is 20.7 Å². The predicted octanol–water partition coefficient (Wildman–Crippen LogP) is 2.30. The van der Waals surface area contributed by atoms with Gasteiger partial charge >= 0.3 is 5.97 Å². The number of nitrogens with zero attached hydrogens (tertiary/aromatic N) is 1. The van der Waals surface area contributed by atoms with Gasteiger partial charge in [-0.25, -0.2) is 0 Å². The van der Waals surface area contributed by atoms with Crippen LogP contribution >= 0.6 is 15.9 Å². The van der Waals surface area contributed by atoms with Crippen LogP contribution < -0.4 is 0 Å². The molecule has 0 amide bonds. The molecule has 0 bridgehead atoms. The summed E-state index contributed by atoms with van der Waals surface area (Å²) in [6.45, 7) is 0. The molecular weight excluding hydrogens is 258 g/mol. The van der Waals surface area contributed by atoms with Crippen molar-refractivity contribution in [1.29, 1.82) is 5.26 Å². The molecule has 0 fully saturated rings. The Kier molecular flexibility index (Phi) is 4.32. The number of hydrogen-bond donors (Lipinski definition) is 0. The molecule has 3 nitrogen and oxygen atoms in total. The van der Waals surface area contributed by atoms with Gasteiger partial charge in [-0.2, -0.15) is 5.26 Å². The van der Waals surface area contributed by atoms with Crippen LogP contribution in [0.5, 0.6) is 0 Å². The van der Waals surface area contributed by atoms with Crippen molar-refractivity contribution in [1.82, 2.24) is 0 Å². The van der Waals surface area contributed by atoms with Crippen LogP contribution in [-0.4, -0.2) is 13.1 Å². The van der Waals surface area contributed by atoms with E-state index in [-0.39, 0.29) is 0 Å². The van der Waals surface area contributed by atoms with Gasteiger partial charge in [-0.1, -0.05) is 34.1 Å². The molecule has 0 aliphatic carbocycles. The first-order valence-corrected chi connectivity index (χ1v) is 5.19. The molecule has 15 heavy (non-hydrogen) atoms. The van der Waals surface area contributed by atoms with Crippen LogP contribution in [-0.2, 0) is 16.0 Å². The maximum Gasteiger partial charge on any atom is 0.323 e. The first-order valence-electron chi connectivity index (χ1n) is 4.40. The molecule has 0 aromatic heterocycles. The van der Waals surface area contributed by atoms with E-state index in [1.165, 1.54) is 7.11 Å². The van der Waals surface area contributed by atoms with Crippen molar-refractivity contribution in [2.24, 2.45) is 5.92 Å². The Bertz CT molecular complexity index is 398. The summed E-state index contributed by atoms with van der Waals surface area (Å²) in [7, 11) is 1.28. The van der Waals surface area contributed by atoms with E-state index in [1.807, 2.05) is 30.3 Å². The number of ether oxygens (including phenoxy) is 1. The molecule has 1 aromatic carbocycles. The summed E-state index contributed by atoms with van der Waals surface area (Å²) in [4.78, 5) is 11.2. The van der Waals surface area contributed by atoms with Gasteiger partial charge in [0.1, 0.15) is 5.92 Å². The lowest BCUT2D eigenvalue weighted by Gasteiger charge is -2.07. The fourth-order valence-electron chi connectivity index (χ4n) is 1.21. The molecule has 1 unspecified atom stereocenters. The monoisotopic (exact) mass is 267 g/mol. The highest BCUT2D eigenvalue weighted by Crippen LogP contribution is 2.19. The average molecular weight is 268 g/mol. The number of methoxy groups -OCH3 is 1. The molecule has 0 N–H and O–H groups in total. The van der Waals surface area contributed by atoms with Crippen molar-refractivity contribution in [3.63, 3.8) is 0 Å². The van der Waals surface area contributed by atoms with E-state index in [1.54, 1.807) is 0 Å². The van der Waals surface area contributed by atoms with Crippen LogP contribution in [0.2, 0.25) is 0 Å². The van der Waals surface area contributed by atoms with E-state index in [9.17, 15) is 4.79 Å². The Balaban J connectivity index is 2.81. The number of esters is 1. The van der Waals surface area contributed by atoms with E-state index in [0.29, 0.717) is 6.42 Å². The van der Waals surface area contributed by atoms with Gasteiger partial charge < -0.3 is 4.74 Å². The summed E-state index contributed by atoms with van der Waals surface area (Å²) in [5, 5.41) is 8.81. The molecule has 0 heterocycles. The Hall–Kier alpha value is -1.34. The zero-order valence-electron chi connectivity index (χ0n) is 8.24. The summed E-state index contributed by atoms with van der Waals surface area (Å²) in [6.07, 6.45) is 0.366. The van der Waals surface area contributed by atoms with Gasteiger partial charge in [0.2, 0.25) is 0 Å². The van der Waals surface area contributed by atoms with Crippen LogP contribution in [0.25, 0.3) is 0 Å². The Morgan fingerprint density at radius 3 is 2.80 bits per heavy atom. The number of carbonyl (C=O) groups excluding carboxylic acids is 1. The third-order valence-corrected chi connectivity index (χ3v) is 2.80. The summed E-state index contributed by atoms with van der Waals surface area (Å²) in [5.74, 6) is -1.23. The lowest BCUT2D eigenvalue weighted by Crippen LogP contribution is -2.16. The molecule has 0 saturated heterocycles. The number of nitriles is 1. The standard InChI is InChI=1S/C11H10BrNO2/c1-15-11(14)9(7-13)6-8-4-2-3-5-10(8)12/h2-5,9H,6H2,1H3. The zero-order chi connectivity index (χ0) is 11.3. The highest BCUT2D eigenvalue weighted by molar-refractivity contribution is 9.10. The lowest BCUT2D eigenvalue weighted by molar-refractivity contribution is -0.143. The summed E-state index contributed by atoms with van der Waals surface area (Å²) < 4.78 is 5.44. The predicted molar refractivity (Wildman–Crippen MR) is 59.0 cm³/mol. The van der Waals surface area contributed by atoms with Gasteiger partial charge in [-0.05, 0) is 18.1 Å². The van der Waals surface area contributed by atoms with Gasteiger partial charge in [-0.15, -0.1) is 0 Å². The van der Waals surface area contributed by atoms with Crippen molar-refractivity contribution in [2.75, 3.05) is 7.11 Å². The summed E-state index contributed by atoms with van der Waals surface area (Å²) >= 11 is 3.36. The van der Waals surface area contributed by atoms with Gasteiger partial charge in [0.15, 0.2) is 0 Å². The number of carbonyl (C=O) groups is 1. The fourth-order valence-corrected chi connectivity index (χ4v) is 1.65. The second-order valence-corrected chi connectivity index (χ2v) is 3.85. The largest absolute Gasteiger partial charge is 0.468 e. The Morgan fingerprint density at radius 1 is 1.60 bits per heavy atom. The maximum absolute atomic E-state index is 11.2. The second-order valence-electron chi connectivity index (χ2n) is 3.00. The smallest absolute Gasteiger partial charge is 0.323 e. The van der Waals surface area contributed by atoms with Crippen molar-refractivity contribution < 1.29 is 9.53 Å². The zero-order valence-corrected chi connectivity index (χ0v) is 9.82. The van der Waals surface area contributed by atoms with Crippen LogP contribution in [0.15, 0.2) is 28.7 Å². The van der Waals surface area contributed by atoms with E-state index >= 15 is 0 Å². The van der Waals surface area contributed by atoms with Crippen molar-refractivity contribution in [3.8, 4) is 6.07 Å². The summed E-state index contributed by atoms with van der Waals surface area (Å²) in [6, 6.07) is 9.43. The Labute approximate surface area is 96.8 Å². The minimum Gasteiger partial charge on any atom is -0.468 e. The topological polar surface area (TPSA) is 50.1 Å². The molecule has 0 spiro atoms. The average Bonchev–Trinajstić information content (AvgIpc) is 2.27. The Morgan fingerprint density at radius 2 is 2.27 bits per heavy atom. The number of halogens is 1. The van der Waals surface area contributed by atoms with Crippen LogP contribution in [0, 0.1) is 17.2 Å². The highest BCUT2D eigenvalue weighted by Gasteiger charge is 2.19. The minimum absolute atomic E-state index is 0.366. The van der Waals surface area contributed by atoms with Crippen molar-refractivity contribution in [2.45, 2.75) is 6.42 Å². The van der Waals surface area contributed by atoms with E-state index in [4.69, 9.17) is 5.26 Å². The molecule has 4 heteroatoms. The van der Waals surface area contributed by atoms with Gasteiger partial charge in [-0.3, -0.25) is 4.79 Å². The second kappa shape index (κ2) is 5.52. The number of hydrogen-bond acceptors (Lipinski definition) is 3. The first-order chi connectivity index (χ1) is 7.19. The molecule has 1 atom stereocenters. The SMILES string of the molecule is COC(=O)C(C#N)Cc1ccccc1Br. The third-order valence-electron chi connectivity index (χ3n) is 2.02. The van der Waals surface area contributed by atoms with Crippen LogP contribution in [0.3, 0.4) is 0 Å². The molecule has 0 aliphatic heterocycles. The fraction of sp³-hybridized carbons (Fsp3) is 0.273. The number of rotatable bonds is 3. The van der Waals surface area contributed by atoms with E-state index in [0.717, 1.165) is 10.0 Å². The van der Waals surface area contributed by atoms with Gasteiger partial charge in [0.25, 0.3) is 0 Å². The summed E-state index contributed by atoms with van der Waals surface area (Å²) in [5.41, 5.74) is 0.925. The van der Waals surface area contributed by atoms with Gasteiger partial charge in [0.05, 0.1) is 13.2 Å². The first kappa shape index (κ1) is 11.7. The van der Waals surface area contributed by atoms with Crippen molar-refractivity contribution in [3.05, 3.63) is 34.3 Å². The molecule has 78 valence electrons. The minimum atomic E-state index is -0.742. The molecular formula is C11H10BrNO2. The normalized spacial score (nSPS) is 11.5. The lowest BCUT2D eigenvalue weighted by atomic mass is 10.0. The van der Waals surface area contributed by atoms with Crippen molar-refractivity contribution >= 4 is 21.9 Å². The molecule has 1 rings (SSSR count). The quantitative estimate of drug-likeness (QED) is 0.790. The molecule has 0 radical (unpaired) electrons. The van der Waals surface area contributed by atoms with Crippen LogP contribution in [0.1, 0.15) is 5.56 Å².